The third-order valence-corrected chi connectivity index (χ3v) is 3.53. The summed E-state index contributed by atoms with van der Waals surface area (Å²) < 4.78 is 114. The number of Topliss-reactive ketones (excluding diaryl/α,β-unsaturated/α-hetero) is 1. The normalized spacial score (nSPS) is 14.0. The van der Waals surface area contributed by atoms with Crippen molar-refractivity contribution in [2.75, 3.05) is 6.26 Å². The highest BCUT2D eigenvalue weighted by Crippen LogP contribution is 2.53. The molecule has 0 aliphatic rings. The van der Waals surface area contributed by atoms with E-state index in [1.165, 1.54) is 0 Å². The molecule has 0 spiro atoms. The number of halogens is 9. The van der Waals surface area contributed by atoms with Gasteiger partial charge in [-0.2, -0.15) is 39.5 Å². The fraction of sp³-hybridized carbons (Fsp3) is 0.417. The number of ketones is 1. The largest absolute Gasteiger partial charge is 0.460 e. The second kappa shape index (κ2) is 5.91. The third kappa shape index (κ3) is 3.15. The van der Waals surface area contributed by atoms with Crippen molar-refractivity contribution in [3.05, 3.63) is 29.8 Å². The zero-order valence-corrected chi connectivity index (χ0v) is 11.8. The van der Waals surface area contributed by atoms with Crippen LogP contribution in [0.5, 0.6) is 0 Å². The molecule has 0 unspecified atom stereocenters. The maximum absolute atomic E-state index is 13.4. The summed E-state index contributed by atoms with van der Waals surface area (Å²) in [6.45, 7) is 0. The lowest BCUT2D eigenvalue weighted by Gasteiger charge is -2.32. The number of benzene rings is 1. The van der Waals surface area contributed by atoms with Gasteiger partial charge in [0.1, 0.15) is 0 Å². The van der Waals surface area contributed by atoms with Gasteiger partial charge in [0.05, 0.1) is 0 Å². The van der Waals surface area contributed by atoms with E-state index in [0.717, 1.165) is 23.9 Å². The highest BCUT2D eigenvalue weighted by atomic mass is 32.2. The van der Waals surface area contributed by atoms with E-state index >= 15 is 0 Å². The van der Waals surface area contributed by atoms with Crippen molar-refractivity contribution < 1.29 is 44.3 Å². The molecule has 0 fully saturated rings. The molecule has 1 rings (SSSR count). The average molecular weight is 370 g/mol. The van der Waals surface area contributed by atoms with Gasteiger partial charge in [-0.3, -0.25) is 4.79 Å². The molecule has 130 valence electrons. The van der Waals surface area contributed by atoms with Gasteiger partial charge >= 0.3 is 23.9 Å². The number of carbonyl (C=O) groups excluding carboxylic acids is 1. The molecular formula is C12H7F9OS. The first-order valence-corrected chi connectivity index (χ1v) is 6.81. The lowest BCUT2D eigenvalue weighted by Crippen LogP contribution is -2.63. The Morgan fingerprint density at radius 2 is 1.26 bits per heavy atom. The summed E-state index contributed by atoms with van der Waals surface area (Å²) in [6.07, 6.45) is -5.40. The van der Waals surface area contributed by atoms with Gasteiger partial charge in [-0.05, 0) is 18.4 Å². The molecule has 0 aliphatic heterocycles. The topological polar surface area (TPSA) is 17.1 Å². The van der Waals surface area contributed by atoms with E-state index in [-0.39, 0.29) is 0 Å². The van der Waals surface area contributed by atoms with Crippen molar-refractivity contribution in [3.63, 3.8) is 0 Å². The summed E-state index contributed by atoms with van der Waals surface area (Å²) in [5, 5.41) is 0. The Morgan fingerprint density at radius 1 is 0.826 bits per heavy atom. The SMILES string of the molecule is CSc1ccc(C(=O)C(F)(F)C(F)(F)C(F)(F)C(F)(F)F)cc1. The third-order valence-electron chi connectivity index (χ3n) is 2.78. The van der Waals surface area contributed by atoms with E-state index in [4.69, 9.17) is 0 Å². The van der Waals surface area contributed by atoms with Crippen molar-refractivity contribution >= 4 is 17.5 Å². The van der Waals surface area contributed by atoms with Crippen LogP contribution in [0.25, 0.3) is 0 Å². The van der Waals surface area contributed by atoms with Crippen LogP contribution in [-0.2, 0) is 0 Å². The second-order valence-electron chi connectivity index (χ2n) is 4.28. The van der Waals surface area contributed by atoms with Gasteiger partial charge in [-0.25, -0.2) is 0 Å². The van der Waals surface area contributed by atoms with Crippen molar-refractivity contribution in [2.45, 2.75) is 28.8 Å². The molecule has 1 aromatic carbocycles. The molecular weight excluding hydrogens is 363 g/mol. The minimum absolute atomic E-state index is 0.428. The standard InChI is InChI=1S/C12H7F9OS/c1-23-7-4-2-6(3-5-7)8(22)9(13,14)10(15,16)11(17,18)12(19,20)21/h2-5H,1H3. The Hall–Kier alpha value is -1.39. The summed E-state index contributed by atoms with van der Waals surface area (Å²) in [4.78, 5) is 11.8. The first-order valence-electron chi connectivity index (χ1n) is 5.59. The minimum Gasteiger partial charge on any atom is -0.287 e. The summed E-state index contributed by atoms with van der Waals surface area (Å²) in [5.74, 6) is -23.1. The van der Waals surface area contributed by atoms with Gasteiger partial charge in [0, 0.05) is 10.5 Å². The van der Waals surface area contributed by atoms with Gasteiger partial charge in [-0.15, -0.1) is 11.8 Å². The quantitative estimate of drug-likeness (QED) is 0.410. The van der Waals surface area contributed by atoms with E-state index in [9.17, 15) is 44.3 Å². The smallest absolute Gasteiger partial charge is 0.287 e. The number of rotatable bonds is 5. The predicted molar refractivity (Wildman–Crippen MR) is 63.4 cm³/mol. The number of thioether (sulfide) groups is 1. The van der Waals surface area contributed by atoms with Crippen molar-refractivity contribution in [1.29, 1.82) is 0 Å². The van der Waals surface area contributed by atoms with Crippen LogP contribution >= 0.6 is 11.8 Å². The first-order chi connectivity index (χ1) is 10.2. The number of hydrogen-bond donors (Lipinski definition) is 0. The Labute approximate surface area is 127 Å². The predicted octanol–water partition coefficient (Wildman–Crippen LogP) is 5.06. The summed E-state index contributed by atoms with van der Waals surface area (Å²) in [5.41, 5.74) is -1.12. The molecule has 0 aliphatic carbocycles. The van der Waals surface area contributed by atoms with Crippen LogP contribution in [0.1, 0.15) is 10.4 Å². The molecule has 1 nitrogen and oxygen atoms in total. The van der Waals surface area contributed by atoms with Crippen molar-refractivity contribution in [3.8, 4) is 0 Å². The van der Waals surface area contributed by atoms with Crippen molar-refractivity contribution in [2.24, 2.45) is 0 Å². The molecule has 0 atom stereocenters. The first kappa shape index (κ1) is 19.7. The van der Waals surface area contributed by atoms with Crippen LogP contribution in [-0.4, -0.2) is 36.0 Å². The van der Waals surface area contributed by atoms with Gasteiger partial charge in [0.25, 0.3) is 0 Å². The van der Waals surface area contributed by atoms with Gasteiger partial charge < -0.3 is 0 Å². The Kier molecular flexibility index (Phi) is 5.05. The van der Waals surface area contributed by atoms with Crippen LogP contribution in [0.4, 0.5) is 39.5 Å². The number of alkyl halides is 9. The maximum Gasteiger partial charge on any atom is 0.460 e. The highest BCUT2D eigenvalue weighted by Gasteiger charge is 2.83. The van der Waals surface area contributed by atoms with E-state index in [1.54, 1.807) is 6.26 Å². The summed E-state index contributed by atoms with van der Waals surface area (Å²) in [7, 11) is 0. The molecule has 11 heteroatoms. The molecule has 0 N–H and O–H groups in total. The molecule has 0 aromatic heterocycles. The lowest BCUT2D eigenvalue weighted by molar-refractivity contribution is -0.386. The average Bonchev–Trinajstić information content (AvgIpc) is 2.44. The van der Waals surface area contributed by atoms with Crippen molar-refractivity contribution in [1.82, 2.24) is 0 Å². The Balaban J connectivity index is 3.29. The monoisotopic (exact) mass is 370 g/mol. The minimum atomic E-state index is -7.08. The molecule has 0 amide bonds. The Morgan fingerprint density at radius 3 is 1.61 bits per heavy atom. The zero-order chi connectivity index (χ0) is 18.3. The maximum atomic E-state index is 13.4. The highest BCUT2D eigenvalue weighted by molar-refractivity contribution is 7.98. The fourth-order valence-electron chi connectivity index (χ4n) is 1.44. The summed E-state index contributed by atoms with van der Waals surface area (Å²) in [6, 6.07) is 3.36. The van der Waals surface area contributed by atoms with Gasteiger partial charge in [0.2, 0.25) is 5.78 Å². The zero-order valence-electron chi connectivity index (χ0n) is 11.0. The number of carbonyl (C=O) groups is 1. The molecule has 0 saturated carbocycles. The van der Waals surface area contributed by atoms with E-state index in [2.05, 4.69) is 0 Å². The fourth-order valence-corrected chi connectivity index (χ4v) is 1.85. The van der Waals surface area contributed by atoms with Crippen LogP contribution in [0.3, 0.4) is 0 Å². The van der Waals surface area contributed by atoms with Gasteiger partial charge in [0.15, 0.2) is 0 Å². The molecule has 0 saturated heterocycles. The Bertz CT molecular complexity index is 577. The second-order valence-corrected chi connectivity index (χ2v) is 5.16. The van der Waals surface area contributed by atoms with Crippen LogP contribution in [0, 0.1) is 0 Å². The molecule has 0 heterocycles. The van der Waals surface area contributed by atoms with E-state index < -0.39 is 35.3 Å². The lowest BCUT2D eigenvalue weighted by atomic mass is 9.96. The van der Waals surface area contributed by atoms with Crippen LogP contribution in [0.2, 0.25) is 0 Å². The number of hydrogen-bond acceptors (Lipinski definition) is 2. The molecule has 1 aromatic rings. The van der Waals surface area contributed by atoms with Crippen LogP contribution in [0.15, 0.2) is 29.2 Å². The molecule has 0 radical (unpaired) electrons. The van der Waals surface area contributed by atoms with E-state index in [0.29, 0.717) is 17.0 Å². The summed E-state index contributed by atoms with van der Waals surface area (Å²) >= 11 is 1.09. The molecule has 23 heavy (non-hydrogen) atoms. The molecule has 0 bridgehead atoms. The van der Waals surface area contributed by atoms with E-state index in [1.807, 2.05) is 0 Å². The van der Waals surface area contributed by atoms with Crippen LogP contribution < -0.4 is 0 Å². The van der Waals surface area contributed by atoms with Gasteiger partial charge in [-0.1, -0.05) is 12.1 Å².